The number of hydrogen-bond donors (Lipinski definition) is 0. The lowest BCUT2D eigenvalue weighted by Crippen LogP contribution is -2.06. The van der Waals surface area contributed by atoms with Crippen LogP contribution < -0.4 is 0 Å². The second kappa shape index (κ2) is 6.34. The number of hydrogen-bond acceptors (Lipinski definition) is 6. The van der Waals surface area contributed by atoms with Crippen molar-refractivity contribution < 1.29 is 19.1 Å². The number of carbonyl (C=O) groups is 2. The molecule has 0 unspecified atom stereocenters. The van der Waals surface area contributed by atoms with Crippen molar-refractivity contribution in [2.45, 2.75) is 13.8 Å². The van der Waals surface area contributed by atoms with Gasteiger partial charge in [0, 0.05) is 11.4 Å². The molecule has 2 aromatic heterocycles. The van der Waals surface area contributed by atoms with Gasteiger partial charge in [0.2, 0.25) is 0 Å². The maximum Gasteiger partial charge on any atom is 0.337 e. The Morgan fingerprint density at radius 2 is 1.14 bits per heavy atom. The van der Waals surface area contributed by atoms with Gasteiger partial charge in [-0.15, -0.1) is 0 Å². The fourth-order valence-corrected chi connectivity index (χ4v) is 2.07. The molecule has 0 radical (unpaired) electrons. The number of aromatic nitrogens is 2. The molecule has 0 aliphatic carbocycles. The molecule has 0 atom stereocenters. The van der Waals surface area contributed by atoms with Crippen molar-refractivity contribution in [2.24, 2.45) is 0 Å². The molecule has 6 heteroatoms. The van der Waals surface area contributed by atoms with Crippen LogP contribution in [-0.4, -0.2) is 36.1 Å². The van der Waals surface area contributed by atoms with Gasteiger partial charge >= 0.3 is 11.9 Å². The summed E-state index contributed by atoms with van der Waals surface area (Å²) < 4.78 is 9.45. The van der Waals surface area contributed by atoms with E-state index in [2.05, 4.69) is 9.97 Å². The van der Waals surface area contributed by atoms with Crippen LogP contribution in [-0.2, 0) is 9.47 Å². The van der Waals surface area contributed by atoms with Gasteiger partial charge in [0.1, 0.15) is 0 Å². The Bertz CT molecular complexity index is 677. The van der Waals surface area contributed by atoms with E-state index in [9.17, 15) is 9.59 Å². The molecule has 0 aliphatic heterocycles. The van der Waals surface area contributed by atoms with Gasteiger partial charge in [-0.2, -0.15) is 0 Å². The minimum atomic E-state index is -0.451. The maximum atomic E-state index is 11.7. The number of pyridine rings is 2. The molecular weight excluding hydrogens is 284 g/mol. The van der Waals surface area contributed by atoms with Gasteiger partial charge in [-0.3, -0.25) is 9.97 Å². The Labute approximate surface area is 128 Å². The van der Waals surface area contributed by atoms with Gasteiger partial charge < -0.3 is 9.47 Å². The van der Waals surface area contributed by atoms with Crippen LogP contribution in [0.4, 0.5) is 0 Å². The quantitative estimate of drug-likeness (QED) is 0.810. The average Bonchev–Trinajstić information content (AvgIpc) is 2.52. The molecule has 0 saturated heterocycles. The summed E-state index contributed by atoms with van der Waals surface area (Å²) in [5.74, 6) is -0.903. The average molecular weight is 300 g/mol. The van der Waals surface area contributed by atoms with Gasteiger partial charge in [-0.1, -0.05) is 0 Å². The molecule has 114 valence electrons. The Morgan fingerprint density at radius 3 is 1.45 bits per heavy atom. The van der Waals surface area contributed by atoms with E-state index in [1.807, 2.05) is 0 Å². The summed E-state index contributed by atoms with van der Waals surface area (Å²) in [4.78, 5) is 32.1. The molecule has 0 aromatic carbocycles. The van der Waals surface area contributed by atoms with Crippen molar-refractivity contribution in [3.63, 3.8) is 0 Å². The van der Waals surface area contributed by atoms with Crippen LogP contribution >= 0.6 is 0 Å². The highest BCUT2D eigenvalue weighted by molar-refractivity contribution is 5.92. The lowest BCUT2D eigenvalue weighted by atomic mass is 10.1. The maximum absolute atomic E-state index is 11.7. The topological polar surface area (TPSA) is 78.4 Å². The molecule has 0 saturated carbocycles. The van der Waals surface area contributed by atoms with E-state index in [0.29, 0.717) is 33.9 Å². The Morgan fingerprint density at radius 1 is 0.773 bits per heavy atom. The largest absolute Gasteiger partial charge is 0.465 e. The van der Waals surface area contributed by atoms with Gasteiger partial charge in [-0.05, 0) is 38.1 Å². The molecule has 0 amide bonds. The van der Waals surface area contributed by atoms with Crippen LogP contribution in [0.15, 0.2) is 24.3 Å². The Hall–Kier alpha value is -2.76. The van der Waals surface area contributed by atoms with Crippen LogP contribution in [0, 0.1) is 13.8 Å². The molecule has 22 heavy (non-hydrogen) atoms. The zero-order valence-electron chi connectivity index (χ0n) is 12.8. The van der Waals surface area contributed by atoms with E-state index in [-0.39, 0.29) is 0 Å². The second-order valence-electron chi connectivity index (χ2n) is 4.75. The summed E-state index contributed by atoms with van der Waals surface area (Å²) in [6, 6.07) is 6.43. The lowest BCUT2D eigenvalue weighted by molar-refractivity contribution is 0.0591. The summed E-state index contributed by atoms with van der Waals surface area (Å²) in [5, 5.41) is 0. The Balaban J connectivity index is 2.56. The fourth-order valence-electron chi connectivity index (χ4n) is 2.07. The molecule has 0 aliphatic rings. The van der Waals surface area contributed by atoms with Crippen molar-refractivity contribution in [1.29, 1.82) is 0 Å². The highest BCUT2D eigenvalue weighted by atomic mass is 16.5. The van der Waals surface area contributed by atoms with Crippen molar-refractivity contribution in [3.8, 4) is 11.4 Å². The molecular formula is C16H16N2O4. The molecule has 2 heterocycles. The molecule has 2 aromatic rings. The van der Waals surface area contributed by atoms with Crippen LogP contribution in [0.5, 0.6) is 0 Å². The normalized spacial score (nSPS) is 10.2. The molecule has 2 rings (SSSR count). The number of carbonyl (C=O) groups excluding carboxylic acids is 2. The molecule has 0 bridgehead atoms. The van der Waals surface area contributed by atoms with Crippen LogP contribution in [0.2, 0.25) is 0 Å². The van der Waals surface area contributed by atoms with Gasteiger partial charge in [0.15, 0.2) is 0 Å². The summed E-state index contributed by atoms with van der Waals surface area (Å²) in [5.41, 5.74) is 3.06. The first-order valence-corrected chi connectivity index (χ1v) is 6.59. The lowest BCUT2D eigenvalue weighted by Gasteiger charge is -2.08. The van der Waals surface area contributed by atoms with E-state index in [1.165, 1.54) is 14.2 Å². The fraction of sp³-hybridized carbons (Fsp3) is 0.250. The van der Waals surface area contributed by atoms with Gasteiger partial charge in [0.05, 0.1) is 36.7 Å². The van der Waals surface area contributed by atoms with Gasteiger partial charge in [0.25, 0.3) is 0 Å². The summed E-state index contributed by atoms with van der Waals surface area (Å²) in [6.07, 6.45) is 0. The van der Waals surface area contributed by atoms with E-state index in [4.69, 9.17) is 9.47 Å². The van der Waals surface area contributed by atoms with Gasteiger partial charge in [-0.25, -0.2) is 9.59 Å². The second-order valence-corrected chi connectivity index (χ2v) is 4.75. The highest BCUT2D eigenvalue weighted by Crippen LogP contribution is 2.20. The third-order valence-electron chi connectivity index (χ3n) is 3.01. The zero-order valence-corrected chi connectivity index (χ0v) is 12.8. The van der Waals surface area contributed by atoms with Crippen LogP contribution in [0.1, 0.15) is 32.1 Å². The summed E-state index contributed by atoms with van der Waals surface area (Å²) in [7, 11) is 2.64. The number of ether oxygens (including phenoxy) is 2. The molecule has 0 N–H and O–H groups in total. The van der Waals surface area contributed by atoms with Crippen molar-refractivity contribution in [3.05, 3.63) is 46.8 Å². The highest BCUT2D eigenvalue weighted by Gasteiger charge is 2.14. The van der Waals surface area contributed by atoms with E-state index < -0.39 is 11.9 Å². The number of nitrogens with zero attached hydrogens (tertiary/aromatic N) is 2. The molecule has 6 nitrogen and oxygen atoms in total. The Kier molecular flexibility index (Phi) is 4.50. The van der Waals surface area contributed by atoms with Crippen molar-refractivity contribution >= 4 is 11.9 Å². The van der Waals surface area contributed by atoms with E-state index >= 15 is 0 Å². The van der Waals surface area contributed by atoms with Crippen LogP contribution in [0.3, 0.4) is 0 Å². The zero-order chi connectivity index (χ0) is 16.3. The van der Waals surface area contributed by atoms with E-state index in [0.717, 1.165) is 0 Å². The number of methoxy groups -OCH3 is 2. The third kappa shape index (κ3) is 3.28. The van der Waals surface area contributed by atoms with Crippen molar-refractivity contribution in [2.75, 3.05) is 14.2 Å². The standard InChI is InChI=1S/C16H16N2O4/c1-9-5-11(15(19)21-3)7-13(17-9)14-8-12(16(20)22-4)6-10(2)18-14/h5-8H,1-4H3. The van der Waals surface area contributed by atoms with E-state index in [1.54, 1.807) is 38.1 Å². The minimum Gasteiger partial charge on any atom is -0.465 e. The first-order chi connectivity index (χ1) is 10.4. The predicted molar refractivity (Wildman–Crippen MR) is 79.6 cm³/mol. The number of aryl methyl sites for hydroxylation is 2. The van der Waals surface area contributed by atoms with Crippen LogP contribution in [0.25, 0.3) is 11.4 Å². The number of esters is 2. The summed E-state index contributed by atoms with van der Waals surface area (Å²) in [6.45, 7) is 3.54. The first-order valence-electron chi connectivity index (χ1n) is 6.59. The molecule has 0 fully saturated rings. The van der Waals surface area contributed by atoms with Crippen molar-refractivity contribution in [1.82, 2.24) is 9.97 Å². The minimum absolute atomic E-state index is 0.382. The monoisotopic (exact) mass is 300 g/mol. The summed E-state index contributed by atoms with van der Waals surface area (Å²) >= 11 is 0. The SMILES string of the molecule is COC(=O)c1cc(C)nc(-c2cc(C(=O)OC)cc(C)n2)c1. The third-order valence-corrected chi connectivity index (χ3v) is 3.01. The number of rotatable bonds is 3. The smallest absolute Gasteiger partial charge is 0.337 e. The predicted octanol–water partition coefficient (Wildman–Crippen LogP) is 2.33. The first kappa shape index (κ1) is 15.6. The molecule has 0 spiro atoms.